The Morgan fingerprint density at radius 2 is 1.81 bits per heavy atom. The number of nitrogens with one attached hydrogen (secondary N) is 1. The SMILES string of the molecule is CCOC(=O)c1c(NC(=O)/C=C/c2ccccc2)sc(C(=O)OC2CCCCC2)c1C. The highest BCUT2D eigenvalue weighted by molar-refractivity contribution is 7.18. The highest BCUT2D eigenvalue weighted by Crippen LogP contribution is 2.35. The maximum atomic E-state index is 12.8. The van der Waals surface area contributed by atoms with Crippen molar-refractivity contribution in [2.24, 2.45) is 0 Å². The molecule has 1 N–H and O–H groups in total. The normalized spacial score (nSPS) is 14.4. The van der Waals surface area contributed by atoms with E-state index in [2.05, 4.69) is 5.32 Å². The highest BCUT2D eigenvalue weighted by Gasteiger charge is 2.28. The average Bonchev–Trinajstić information content (AvgIpc) is 3.09. The first kappa shape index (κ1) is 22.7. The molecule has 1 saturated carbocycles. The van der Waals surface area contributed by atoms with Crippen LogP contribution in [0, 0.1) is 6.92 Å². The zero-order valence-electron chi connectivity index (χ0n) is 17.8. The Bertz CT molecular complexity index is 958. The van der Waals surface area contributed by atoms with E-state index < -0.39 is 17.8 Å². The first-order chi connectivity index (χ1) is 15.0. The first-order valence-corrected chi connectivity index (χ1v) is 11.4. The lowest BCUT2D eigenvalue weighted by Gasteiger charge is -2.21. The molecule has 2 aromatic rings. The van der Waals surface area contributed by atoms with Gasteiger partial charge in [-0.25, -0.2) is 9.59 Å². The number of carbonyl (C=O) groups is 3. The maximum Gasteiger partial charge on any atom is 0.348 e. The van der Waals surface area contributed by atoms with Gasteiger partial charge in [-0.1, -0.05) is 36.8 Å². The molecule has 0 unspecified atom stereocenters. The van der Waals surface area contributed by atoms with Crippen molar-refractivity contribution >= 4 is 40.3 Å². The van der Waals surface area contributed by atoms with Gasteiger partial charge in [-0.3, -0.25) is 4.79 Å². The molecule has 1 heterocycles. The molecule has 3 rings (SSSR count). The Hall–Kier alpha value is -2.93. The summed E-state index contributed by atoms with van der Waals surface area (Å²) in [6.07, 6.45) is 7.93. The molecule has 0 saturated heterocycles. The lowest BCUT2D eigenvalue weighted by Crippen LogP contribution is -2.21. The third-order valence-electron chi connectivity index (χ3n) is 5.10. The van der Waals surface area contributed by atoms with Gasteiger partial charge in [0.05, 0.1) is 12.2 Å². The van der Waals surface area contributed by atoms with Crippen LogP contribution in [0.25, 0.3) is 6.08 Å². The smallest absolute Gasteiger partial charge is 0.348 e. The minimum absolute atomic E-state index is 0.0966. The fourth-order valence-corrected chi connectivity index (χ4v) is 4.60. The number of ether oxygens (including phenoxy) is 2. The van der Waals surface area contributed by atoms with Crippen molar-refractivity contribution in [3.8, 4) is 0 Å². The van der Waals surface area contributed by atoms with Gasteiger partial charge < -0.3 is 14.8 Å². The van der Waals surface area contributed by atoms with E-state index in [1.807, 2.05) is 30.3 Å². The van der Waals surface area contributed by atoms with Crippen LogP contribution in [0.3, 0.4) is 0 Å². The lowest BCUT2D eigenvalue weighted by molar-refractivity contribution is -0.111. The van der Waals surface area contributed by atoms with Crippen LogP contribution in [-0.2, 0) is 14.3 Å². The highest BCUT2D eigenvalue weighted by atomic mass is 32.1. The van der Waals surface area contributed by atoms with Gasteiger partial charge in [-0.15, -0.1) is 11.3 Å². The van der Waals surface area contributed by atoms with Crippen molar-refractivity contribution in [1.29, 1.82) is 0 Å². The molecule has 7 heteroatoms. The largest absolute Gasteiger partial charge is 0.462 e. The zero-order valence-corrected chi connectivity index (χ0v) is 18.6. The second-order valence-electron chi connectivity index (χ2n) is 7.38. The standard InChI is InChI=1S/C24H27NO5S/c1-3-29-23(27)20-16(2)21(24(28)30-18-12-8-5-9-13-18)31-22(20)25-19(26)15-14-17-10-6-4-7-11-17/h4,6-7,10-11,14-15,18H,3,5,8-9,12-13H2,1-2H3,(H,25,26)/b15-14+. The predicted octanol–water partition coefficient (Wildman–Crippen LogP) is 5.37. The first-order valence-electron chi connectivity index (χ1n) is 10.5. The lowest BCUT2D eigenvalue weighted by atomic mass is 9.98. The van der Waals surface area contributed by atoms with Gasteiger partial charge in [0.15, 0.2) is 0 Å². The molecule has 1 aliphatic carbocycles. The van der Waals surface area contributed by atoms with Crippen LogP contribution in [0.5, 0.6) is 0 Å². The zero-order chi connectivity index (χ0) is 22.2. The van der Waals surface area contributed by atoms with E-state index in [9.17, 15) is 14.4 Å². The molecule has 1 aromatic carbocycles. The second kappa shape index (κ2) is 10.9. The van der Waals surface area contributed by atoms with E-state index in [-0.39, 0.29) is 23.3 Å². The molecule has 164 valence electrons. The molecule has 0 bridgehead atoms. The summed E-state index contributed by atoms with van der Waals surface area (Å²) in [4.78, 5) is 38.1. The molecular weight excluding hydrogens is 414 g/mol. The van der Waals surface area contributed by atoms with Gasteiger partial charge in [0.25, 0.3) is 0 Å². The number of benzene rings is 1. The van der Waals surface area contributed by atoms with Gasteiger partial charge in [0, 0.05) is 6.08 Å². The molecule has 1 aliphatic rings. The van der Waals surface area contributed by atoms with E-state index in [4.69, 9.17) is 9.47 Å². The number of rotatable bonds is 7. The Morgan fingerprint density at radius 1 is 1.10 bits per heavy atom. The number of esters is 2. The van der Waals surface area contributed by atoms with E-state index in [0.717, 1.165) is 49.0 Å². The quantitative estimate of drug-likeness (QED) is 0.461. The molecule has 6 nitrogen and oxygen atoms in total. The molecule has 31 heavy (non-hydrogen) atoms. The predicted molar refractivity (Wildman–Crippen MR) is 121 cm³/mol. The van der Waals surface area contributed by atoms with Crippen LogP contribution < -0.4 is 5.32 Å². The summed E-state index contributed by atoms with van der Waals surface area (Å²) in [5.74, 6) is -1.43. The molecule has 0 aliphatic heterocycles. The van der Waals surface area contributed by atoms with Gasteiger partial charge >= 0.3 is 11.9 Å². The third-order valence-corrected chi connectivity index (χ3v) is 6.29. The maximum absolute atomic E-state index is 12.8. The summed E-state index contributed by atoms with van der Waals surface area (Å²) >= 11 is 1.05. The summed E-state index contributed by atoms with van der Waals surface area (Å²) in [7, 11) is 0. The summed E-state index contributed by atoms with van der Waals surface area (Å²) in [6.45, 7) is 3.58. The molecule has 0 spiro atoms. The van der Waals surface area contributed by atoms with Gasteiger partial charge in [-0.05, 0) is 56.7 Å². The number of anilines is 1. The molecule has 1 aromatic heterocycles. The van der Waals surface area contributed by atoms with Crippen LogP contribution >= 0.6 is 11.3 Å². The number of hydrogen-bond donors (Lipinski definition) is 1. The van der Waals surface area contributed by atoms with E-state index in [1.165, 1.54) is 6.08 Å². The fourth-order valence-electron chi connectivity index (χ4n) is 3.52. The van der Waals surface area contributed by atoms with Crippen molar-refractivity contribution in [2.75, 3.05) is 11.9 Å². The Morgan fingerprint density at radius 3 is 2.48 bits per heavy atom. The van der Waals surface area contributed by atoms with Crippen molar-refractivity contribution in [3.05, 3.63) is 58.0 Å². The number of carbonyl (C=O) groups excluding carboxylic acids is 3. The average molecular weight is 442 g/mol. The molecule has 1 fully saturated rings. The van der Waals surface area contributed by atoms with Crippen molar-refractivity contribution in [2.45, 2.75) is 52.1 Å². The summed E-state index contributed by atoms with van der Waals surface area (Å²) in [5.41, 5.74) is 1.54. The van der Waals surface area contributed by atoms with Crippen LogP contribution in [0.15, 0.2) is 36.4 Å². The van der Waals surface area contributed by atoms with Crippen molar-refractivity contribution in [3.63, 3.8) is 0 Å². The minimum Gasteiger partial charge on any atom is -0.462 e. The monoisotopic (exact) mass is 441 g/mol. The number of amides is 1. The summed E-state index contributed by atoms with van der Waals surface area (Å²) < 4.78 is 10.8. The molecule has 0 radical (unpaired) electrons. The Kier molecular flexibility index (Phi) is 8.00. The minimum atomic E-state index is -0.574. The van der Waals surface area contributed by atoms with Crippen LogP contribution in [0.4, 0.5) is 5.00 Å². The van der Waals surface area contributed by atoms with Gasteiger partial charge in [-0.2, -0.15) is 0 Å². The van der Waals surface area contributed by atoms with E-state index >= 15 is 0 Å². The topological polar surface area (TPSA) is 81.7 Å². The molecule has 0 atom stereocenters. The Labute approximate surface area is 186 Å². The van der Waals surface area contributed by atoms with Crippen molar-refractivity contribution < 1.29 is 23.9 Å². The van der Waals surface area contributed by atoms with Gasteiger partial charge in [0.2, 0.25) is 5.91 Å². The van der Waals surface area contributed by atoms with E-state index in [0.29, 0.717) is 10.4 Å². The van der Waals surface area contributed by atoms with Crippen LogP contribution in [-0.4, -0.2) is 30.6 Å². The summed E-state index contributed by atoms with van der Waals surface area (Å²) in [6, 6.07) is 9.41. The van der Waals surface area contributed by atoms with Crippen LogP contribution in [0.2, 0.25) is 0 Å². The second-order valence-corrected chi connectivity index (χ2v) is 8.40. The third kappa shape index (κ3) is 6.04. The molecule has 1 amide bonds. The summed E-state index contributed by atoms with van der Waals surface area (Å²) in [5, 5.41) is 3.01. The number of hydrogen-bond acceptors (Lipinski definition) is 6. The van der Waals surface area contributed by atoms with Crippen LogP contribution in [0.1, 0.15) is 70.2 Å². The Balaban J connectivity index is 1.81. The van der Waals surface area contributed by atoms with E-state index in [1.54, 1.807) is 19.9 Å². The molecular formula is C24H27NO5S. The fraction of sp³-hybridized carbons (Fsp3) is 0.375. The number of thiophene rings is 1. The van der Waals surface area contributed by atoms with Crippen molar-refractivity contribution in [1.82, 2.24) is 0 Å². The van der Waals surface area contributed by atoms with Gasteiger partial charge in [0.1, 0.15) is 16.0 Å².